The van der Waals surface area contributed by atoms with Crippen molar-refractivity contribution < 1.29 is 19.4 Å². The van der Waals surface area contributed by atoms with E-state index in [-0.39, 0.29) is 31.0 Å². The third kappa shape index (κ3) is 5.36. The summed E-state index contributed by atoms with van der Waals surface area (Å²) in [6.07, 6.45) is 1.55. The van der Waals surface area contributed by atoms with Gasteiger partial charge in [0.25, 0.3) is 5.91 Å². The molecule has 37 heavy (non-hydrogen) atoms. The predicted molar refractivity (Wildman–Crippen MR) is 138 cm³/mol. The Hall–Kier alpha value is -3.73. The number of halogens is 1. The van der Waals surface area contributed by atoms with Gasteiger partial charge in [0.15, 0.2) is 0 Å². The number of benzene rings is 2. The topological polar surface area (TPSA) is 129 Å². The molecule has 1 fully saturated rings. The summed E-state index contributed by atoms with van der Waals surface area (Å²) >= 11 is 6.39. The molecule has 1 saturated heterocycles. The van der Waals surface area contributed by atoms with Gasteiger partial charge in [0.2, 0.25) is 11.9 Å². The molecule has 3 heterocycles. The van der Waals surface area contributed by atoms with Crippen molar-refractivity contribution in [2.45, 2.75) is 18.6 Å². The summed E-state index contributed by atoms with van der Waals surface area (Å²) < 4.78 is 5.22. The van der Waals surface area contributed by atoms with E-state index in [0.717, 1.165) is 18.7 Å². The van der Waals surface area contributed by atoms with Crippen molar-refractivity contribution in [3.05, 3.63) is 70.4 Å². The summed E-state index contributed by atoms with van der Waals surface area (Å²) in [6, 6.07) is 12.2. The van der Waals surface area contributed by atoms with Crippen LogP contribution in [0.1, 0.15) is 27.5 Å². The van der Waals surface area contributed by atoms with Gasteiger partial charge in [0, 0.05) is 30.8 Å². The van der Waals surface area contributed by atoms with Crippen LogP contribution in [0.25, 0.3) is 11.3 Å². The molecule has 4 N–H and O–H groups in total. The molecule has 0 spiro atoms. The zero-order valence-electron chi connectivity index (χ0n) is 20.2. The van der Waals surface area contributed by atoms with Crippen molar-refractivity contribution in [3.8, 4) is 17.0 Å². The number of rotatable bonds is 9. The van der Waals surface area contributed by atoms with E-state index in [2.05, 4.69) is 25.9 Å². The van der Waals surface area contributed by atoms with Crippen molar-refractivity contribution >= 4 is 29.4 Å². The second kappa shape index (κ2) is 10.7. The molecule has 5 rings (SSSR count). The fourth-order valence-corrected chi connectivity index (χ4v) is 4.55. The zero-order chi connectivity index (χ0) is 25.9. The fourth-order valence-electron chi connectivity index (χ4n) is 4.35. The highest BCUT2D eigenvalue weighted by molar-refractivity contribution is 6.33. The van der Waals surface area contributed by atoms with Crippen LogP contribution in [0.4, 0.5) is 5.95 Å². The zero-order valence-corrected chi connectivity index (χ0v) is 21.0. The number of ether oxygens (including phenoxy) is 1. The highest BCUT2D eigenvalue weighted by Crippen LogP contribution is 2.31. The molecule has 11 heteroatoms. The van der Waals surface area contributed by atoms with Crippen molar-refractivity contribution in [1.82, 2.24) is 25.5 Å². The molecule has 0 saturated carbocycles. The maximum atomic E-state index is 13.2. The number of nitrogens with zero attached hydrogens (tertiary/aromatic N) is 3. The number of hydrogen-bond acceptors (Lipinski definition) is 8. The minimum atomic E-state index is -0.618. The Kier molecular flexibility index (Phi) is 7.22. The summed E-state index contributed by atoms with van der Waals surface area (Å²) in [5.41, 5.74) is 3.25. The Bertz CT molecular complexity index is 1330. The summed E-state index contributed by atoms with van der Waals surface area (Å²) in [7, 11) is 1.55. The summed E-state index contributed by atoms with van der Waals surface area (Å²) in [5.74, 6) is 0.477. The molecule has 0 aliphatic carbocycles. The molecule has 10 nitrogen and oxygen atoms in total. The van der Waals surface area contributed by atoms with E-state index >= 15 is 0 Å². The highest BCUT2D eigenvalue weighted by atomic mass is 35.5. The molecule has 2 aliphatic heterocycles. The van der Waals surface area contributed by atoms with Gasteiger partial charge in [-0.2, -0.15) is 0 Å². The summed E-state index contributed by atoms with van der Waals surface area (Å²) in [6.45, 7) is 1.57. The first-order valence-electron chi connectivity index (χ1n) is 11.9. The Balaban J connectivity index is 1.28. The van der Waals surface area contributed by atoms with Gasteiger partial charge in [-0.1, -0.05) is 35.9 Å². The number of carbonyl (C=O) groups is 2. The minimum Gasteiger partial charge on any atom is -0.497 e. The maximum absolute atomic E-state index is 13.2. The second-order valence-electron chi connectivity index (χ2n) is 9.00. The maximum Gasteiger partial charge on any atom is 0.254 e. The van der Waals surface area contributed by atoms with E-state index in [4.69, 9.17) is 16.3 Å². The van der Waals surface area contributed by atoms with E-state index in [1.54, 1.807) is 43.6 Å². The van der Waals surface area contributed by atoms with Crippen molar-refractivity contribution in [1.29, 1.82) is 0 Å². The van der Waals surface area contributed by atoms with Crippen molar-refractivity contribution in [2.75, 3.05) is 38.7 Å². The van der Waals surface area contributed by atoms with Crippen LogP contribution in [0, 0.1) is 0 Å². The fraction of sp³-hybridized carbons (Fsp3) is 0.308. The Morgan fingerprint density at radius 3 is 2.86 bits per heavy atom. The number of nitrogens with one attached hydrogen (secondary N) is 3. The smallest absolute Gasteiger partial charge is 0.254 e. The largest absolute Gasteiger partial charge is 0.497 e. The van der Waals surface area contributed by atoms with Gasteiger partial charge >= 0.3 is 0 Å². The standard InChI is InChI=1S/C26H27ClN6O4/c1-37-19-4-2-3-15(7-19)22(14-34)31-23(35)13-33-12-17-6-5-16(8-20(17)25(33)36)24-21(27)11-29-26(32-24)30-18-9-28-10-18/h2-8,11,18,22,28,34H,9-10,12-14H2,1H3,(H,31,35)(H,29,30,32)/t22-/m1/s1. The van der Waals surface area contributed by atoms with E-state index in [1.165, 1.54) is 4.90 Å². The number of methoxy groups -OCH3 is 1. The molecule has 2 aliphatic rings. The van der Waals surface area contributed by atoms with Gasteiger partial charge in [-0.15, -0.1) is 0 Å². The van der Waals surface area contributed by atoms with Crippen LogP contribution in [0.2, 0.25) is 5.02 Å². The molecule has 2 aromatic carbocycles. The minimum absolute atomic E-state index is 0.138. The van der Waals surface area contributed by atoms with Crippen LogP contribution in [0.3, 0.4) is 0 Å². The third-order valence-electron chi connectivity index (χ3n) is 6.47. The van der Waals surface area contributed by atoms with E-state index in [0.29, 0.717) is 45.6 Å². The highest BCUT2D eigenvalue weighted by Gasteiger charge is 2.30. The molecule has 1 aromatic heterocycles. The van der Waals surface area contributed by atoms with Gasteiger partial charge in [-0.25, -0.2) is 9.97 Å². The average molecular weight is 523 g/mol. The lowest BCUT2D eigenvalue weighted by Gasteiger charge is -2.28. The third-order valence-corrected chi connectivity index (χ3v) is 6.75. The first kappa shape index (κ1) is 24.9. The molecule has 2 amide bonds. The van der Waals surface area contributed by atoms with Gasteiger partial charge in [0.05, 0.1) is 42.7 Å². The Labute approximate surface area is 219 Å². The number of amides is 2. The molecule has 0 radical (unpaired) electrons. The number of hydrogen-bond donors (Lipinski definition) is 4. The predicted octanol–water partition coefficient (Wildman–Crippen LogP) is 1.99. The lowest BCUT2D eigenvalue weighted by Crippen LogP contribution is -2.51. The first-order valence-corrected chi connectivity index (χ1v) is 12.3. The molecular weight excluding hydrogens is 496 g/mol. The SMILES string of the molecule is COc1cccc([C@@H](CO)NC(=O)CN2Cc3ccc(-c4nc(NC5CNC5)ncc4Cl)cc3C2=O)c1. The number of aliphatic hydroxyl groups excluding tert-OH is 1. The van der Waals surface area contributed by atoms with Gasteiger partial charge in [0.1, 0.15) is 12.3 Å². The Morgan fingerprint density at radius 2 is 2.14 bits per heavy atom. The molecular formula is C26H27ClN6O4. The molecule has 192 valence electrons. The quantitative estimate of drug-likeness (QED) is 0.336. The normalized spacial score (nSPS) is 15.6. The molecule has 1 atom stereocenters. The Morgan fingerprint density at radius 1 is 1.30 bits per heavy atom. The van der Waals surface area contributed by atoms with Crippen LogP contribution in [-0.2, 0) is 11.3 Å². The van der Waals surface area contributed by atoms with Crippen LogP contribution in [-0.4, -0.2) is 71.2 Å². The molecule has 3 aromatic rings. The number of aromatic nitrogens is 2. The van der Waals surface area contributed by atoms with Crippen LogP contribution < -0.4 is 20.7 Å². The van der Waals surface area contributed by atoms with Gasteiger partial charge in [-0.3, -0.25) is 9.59 Å². The van der Waals surface area contributed by atoms with E-state index in [9.17, 15) is 14.7 Å². The van der Waals surface area contributed by atoms with E-state index in [1.807, 2.05) is 12.1 Å². The summed E-state index contributed by atoms with van der Waals surface area (Å²) in [4.78, 5) is 36.2. The average Bonchev–Trinajstić information content (AvgIpc) is 3.19. The van der Waals surface area contributed by atoms with Crippen molar-refractivity contribution in [2.24, 2.45) is 0 Å². The van der Waals surface area contributed by atoms with Crippen molar-refractivity contribution in [3.63, 3.8) is 0 Å². The van der Waals surface area contributed by atoms with E-state index < -0.39 is 6.04 Å². The van der Waals surface area contributed by atoms with Crippen LogP contribution in [0.15, 0.2) is 48.7 Å². The monoisotopic (exact) mass is 522 g/mol. The second-order valence-corrected chi connectivity index (χ2v) is 9.41. The molecule has 0 unspecified atom stereocenters. The summed E-state index contributed by atoms with van der Waals surface area (Å²) in [5, 5.41) is 19.4. The van der Waals surface area contributed by atoms with Crippen LogP contribution >= 0.6 is 11.6 Å². The first-order chi connectivity index (χ1) is 17.9. The van der Waals surface area contributed by atoms with Crippen LogP contribution in [0.5, 0.6) is 5.75 Å². The lowest BCUT2D eigenvalue weighted by atomic mass is 10.0. The molecule has 0 bridgehead atoms. The number of carbonyl (C=O) groups excluding carboxylic acids is 2. The van der Waals surface area contributed by atoms with Gasteiger partial charge < -0.3 is 30.7 Å². The van der Waals surface area contributed by atoms with Gasteiger partial charge in [-0.05, 0) is 29.3 Å². The lowest BCUT2D eigenvalue weighted by molar-refractivity contribution is -0.122. The number of fused-ring (bicyclic) bond motifs is 1. The number of anilines is 1. The number of aliphatic hydroxyl groups is 1.